The maximum absolute atomic E-state index is 5.57. The van der Waals surface area contributed by atoms with Crippen LogP contribution in [0.5, 0.6) is 0 Å². The Kier molecular flexibility index (Phi) is 2.61. The highest BCUT2D eigenvalue weighted by Crippen LogP contribution is 2.35. The Hall–Kier alpha value is -0.0800. The van der Waals surface area contributed by atoms with Crippen molar-refractivity contribution in [3.8, 4) is 10.6 Å². The number of nitrogens with zero attached hydrogens (tertiary/aromatic N) is 1. The van der Waals surface area contributed by atoms with Crippen LogP contribution >= 0.6 is 49.9 Å². The summed E-state index contributed by atoms with van der Waals surface area (Å²) in [4.78, 5) is 1.03. The molecule has 2 aromatic heterocycles. The molecular weight excluding hydrogens is 367 g/mol. The van der Waals surface area contributed by atoms with Crippen molar-refractivity contribution < 1.29 is 4.52 Å². The van der Waals surface area contributed by atoms with Crippen LogP contribution in [0.2, 0.25) is 0 Å². The van der Waals surface area contributed by atoms with E-state index in [4.69, 9.17) is 10.3 Å². The fourth-order valence-corrected chi connectivity index (χ4v) is 2.92. The lowest BCUT2D eigenvalue weighted by atomic mass is 10.4. The monoisotopic (exact) mass is 370 g/mol. The van der Waals surface area contributed by atoms with Crippen LogP contribution in [-0.4, -0.2) is 5.16 Å². The number of nitrogen functional groups attached to an aromatic ring is 1. The van der Waals surface area contributed by atoms with Crippen molar-refractivity contribution in [1.82, 2.24) is 5.16 Å². The Morgan fingerprint density at radius 2 is 2.31 bits per heavy atom. The van der Waals surface area contributed by atoms with E-state index >= 15 is 0 Å². The van der Waals surface area contributed by atoms with Gasteiger partial charge in [-0.2, -0.15) is 0 Å². The molecule has 0 fully saturated rings. The van der Waals surface area contributed by atoms with Gasteiger partial charge < -0.3 is 10.3 Å². The van der Waals surface area contributed by atoms with Gasteiger partial charge in [0, 0.05) is 0 Å². The molecule has 0 saturated carbocycles. The van der Waals surface area contributed by atoms with Gasteiger partial charge in [-0.1, -0.05) is 5.16 Å². The maximum Gasteiger partial charge on any atom is 0.192 e. The molecule has 0 spiro atoms. The maximum atomic E-state index is 5.57. The highest BCUT2D eigenvalue weighted by molar-refractivity contribution is 14.1. The topological polar surface area (TPSA) is 52.0 Å². The summed E-state index contributed by atoms with van der Waals surface area (Å²) in [6.45, 7) is 0. The summed E-state index contributed by atoms with van der Waals surface area (Å²) in [6.07, 6.45) is 0. The quantitative estimate of drug-likeness (QED) is 0.783. The molecular formula is C7H4BrIN2OS. The van der Waals surface area contributed by atoms with E-state index in [1.54, 1.807) is 11.3 Å². The van der Waals surface area contributed by atoms with Gasteiger partial charge >= 0.3 is 0 Å². The van der Waals surface area contributed by atoms with E-state index < -0.39 is 0 Å². The number of halogens is 2. The molecule has 2 heterocycles. The Balaban J connectivity index is 2.52. The van der Waals surface area contributed by atoms with Crippen molar-refractivity contribution in [3.63, 3.8) is 0 Å². The summed E-state index contributed by atoms with van der Waals surface area (Å²) in [7, 11) is 0. The molecule has 6 heteroatoms. The predicted octanol–water partition coefficient (Wildman–Crippen LogP) is 3.35. The second-order valence-corrected chi connectivity index (χ2v) is 5.86. The SMILES string of the molecule is Nc1noc(-c2ccc(Br)s2)c1I. The predicted molar refractivity (Wildman–Crippen MR) is 64.6 cm³/mol. The lowest BCUT2D eigenvalue weighted by Gasteiger charge is -1.88. The first-order valence-corrected chi connectivity index (χ1v) is 6.03. The van der Waals surface area contributed by atoms with Gasteiger partial charge in [0.1, 0.15) is 3.57 Å². The molecule has 0 radical (unpaired) electrons. The van der Waals surface area contributed by atoms with Gasteiger partial charge in [-0.25, -0.2) is 0 Å². The number of rotatable bonds is 1. The summed E-state index contributed by atoms with van der Waals surface area (Å²) in [5, 5.41) is 3.69. The first-order valence-electron chi connectivity index (χ1n) is 3.35. The molecule has 13 heavy (non-hydrogen) atoms. The fourth-order valence-electron chi connectivity index (χ4n) is 0.881. The largest absolute Gasteiger partial charge is 0.380 e. The fraction of sp³-hybridized carbons (Fsp3) is 0. The molecule has 0 aromatic carbocycles. The van der Waals surface area contributed by atoms with E-state index in [2.05, 4.69) is 43.7 Å². The average molecular weight is 371 g/mol. The number of nitrogens with two attached hydrogens (primary N) is 1. The van der Waals surface area contributed by atoms with Crippen molar-refractivity contribution in [3.05, 3.63) is 19.5 Å². The highest BCUT2D eigenvalue weighted by Gasteiger charge is 2.14. The van der Waals surface area contributed by atoms with E-state index in [1.165, 1.54) is 0 Å². The average Bonchev–Trinajstić information content (AvgIpc) is 2.62. The molecule has 2 aromatic rings. The molecule has 0 bridgehead atoms. The Morgan fingerprint density at radius 3 is 2.77 bits per heavy atom. The zero-order valence-electron chi connectivity index (χ0n) is 6.25. The number of anilines is 1. The van der Waals surface area contributed by atoms with Crippen molar-refractivity contribution in [1.29, 1.82) is 0 Å². The third-order valence-electron chi connectivity index (χ3n) is 1.46. The summed E-state index contributed by atoms with van der Waals surface area (Å²) < 4.78 is 7.03. The van der Waals surface area contributed by atoms with Crippen molar-refractivity contribution in [2.24, 2.45) is 0 Å². The molecule has 0 aliphatic heterocycles. The Bertz CT molecular complexity index is 439. The Morgan fingerprint density at radius 1 is 1.54 bits per heavy atom. The van der Waals surface area contributed by atoms with Crippen LogP contribution in [0.15, 0.2) is 20.4 Å². The van der Waals surface area contributed by atoms with Crippen molar-refractivity contribution in [2.75, 3.05) is 5.73 Å². The summed E-state index contributed by atoms with van der Waals surface area (Å²) in [6, 6.07) is 3.94. The number of hydrogen-bond donors (Lipinski definition) is 1. The molecule has 0 atom stereocenters. The van der Waals surface area contributed by atoms with Crippen LogP contribution in [0.3, 0.4) is 0 Å². The third kappa shape index (κ3) is 1.75. The molecule has 0 unspecified atom stereocenters. The van der Waals surface area contributed by atoms with Crippen LogP contribution in [-0.2, 0) is 0 Å². The van der Waals surface area contributed by atoms with Gasteiger partial charge in [0.2, 0.25) is 0 Å². The highest BCUT2D eigenvalue weighted by atomic mass is 127. The molecule has 2 N–H and O–H groups in total. The van der Waals surface area contributed by atoms with Gasteiger partial charge in [0.15, 0.2) is 11.6 Å². The number of hydrogen-bond acceptors (Lipinski definition) is 4. The first kappa shape index (κ1) is 9.47. The van der Waals surface area contributed by atoms with E-state index in [-0.39, 0.29) is 0 Å². The van der Waals surface area contributed by atoms with Gasteiger partial charge in [-0.05, 0) is 50.7 Å². The van der Waals surface area contributed by atoms with Gasteiger partial charge in [0.05, 0.1) is 8.66 Å². The van der Waals surface area contributed by atoms with Crippen molar-refractivity contribution in [2.45, 2.75) is 0 Å². The normalized spacial score (nSPS) is 10.6. The van der Waals surface area contributed by atoms with Gasteiger partial charge in [-0.15, -0.1) is 11.3 Å². The lowest BCUT2D eigenvalue weighted by Crippen LogP contribution is -1.85. The zero-order chi connectivity index (χ0) is 9.42. The minimum absolute atomic E-state index is 0.445. The second kappa shape index (κ2) is 3.58. The van der Waals surface area contributed by atoms with Gasteiger partial charge in [0.25, 0.3) is 0 Å². The van der Waals surface area contributed by atoms with E-state index in [0.29, 0.717) is 5.82 Å². The smallest absolute Gasteiger partial charge is 0.192 e. The van der Waals surface area contributed by atoms with E-state index in [9.17, 15) is 0 Å². The minimum atomic E-state index is 0.445. The molecule has 0 saturated heterocycles. The van der Waals surface area contributed by atoms with Crippen LogP contribution < -0.4 is 5.73 Å². The molecule has 68 valence electrons. The minimum Gasteiger partial charge on any atom is -0.380 e. The molecule has 0 aliphatic rings. The third-order valence-corrected chi connectivity index (χ3v) is 4.12. The van der Waals surface area contributed by atoms with Crippen LogP contribution in [0.1, 0.15) is 0 Å². The van der Waals surface area contributed by atoms with Crippen LogP contribution in [0.25, 0.3) is 10.6 Å². The first-order chi connectivity index (χ1) is 6.18. The van der Waals surface area contributed by atoms with E-state index in [1.807, 2.05) is 12.1 Å². The number of aromatic nitrogens is 1. The Labute approximate surface area is 101 Å². The molecule has 0 aliphatic carbocycles. The van der Waals surface area contributed by atoms with Gasteiger partial charge in [-0.3, -0.25) is 0 Å². The number of thiophene rings is 1. The summed E-state index contributed by atoms with van der Waals surface area (Å²) in [5.74, 6) is 1.19. The van der Waals surface area contributed by atoms with Crippen molar-refractivity contribution >= 4 is 55.7 Å². The summed E-state index contributed by atoms with van der Waals surface area (Å²) in [5.41, 5.74) is 5.57. The standard InChI is InChI=1S/C7H4BrIN2OS/c8-4-2-1-3(13-4)6-5(9)7(10)11-12-6/h1-2H,(H2,10,11). The zero-order valence-corrected chi connectivity index (χ0v) is 10.8. The summed E-state index contributed by atoms with van der Waals surface area (Å²) >= 11 is 7.10. The molecule has 2 rings (SSSR count). The lowest BCUT2D eigenvalue weighted by molar-refractivity contribution is 0.436. The molecule has 0 amide bonds. The van der Waals surface area contributed by atoms with Crippen LogP contribution in [0, 0.1) is 3.57 Å². The van der Waals surface area contributed by atoms with E-state index in [0.717, 1.165) is 18.0 Å². The molecule has 3 nitrogen and oxygen atoms in total. The second-order valence-electron chi connectivity index (χ2n) is 2.31. The van der Waals surface area contributed by atoms with Crippen LogP contribution in [0.4, 0.5) is 5.82 Å².